The zero-order valence-corrected chi connectivity index (χ0v) is 18.8. The van der Waals surface area contributed by atoms with Crippen LogP contribution in [0.15, 0.2) is 85.3 Å². The molecular weight excluding hydrogens is 428 g/mol. The van der Waals surface area contributed by atoms with Crippen LogP contribution in [-0.4, -0.2) is 19.4 Å². The highest BCUT2D eigenvalue weighted by atomic mass is 15.1. The maximum absolute atomic E-state index is 5.11. The van der Waals surface area contributed by atoms with E-state index in [1.54, 1.807) is 0 Å². The molecule has 7 aromatic rings. The third-order valence-corrected chi connectivity index (χ3v) is 7.95. The quantitative estimate of drug-likeness (QED) is 0.243. The first kappa shape index (κ1) is 17.8. The molecule has 162 valence electrons. The van der Waals surface area contributed by atoms with Crippen molar-refractivity contribution < 1.29 is 0 Å². The standard InChI is InChI=1S/C31H18N4/c1-2-5-20-17(4-1)12-18-13-25-19(14-24(18)20)15-26-21(25)7-8-28-29(26)35-30-23(6-3-10-33-30)22-9-11-32-16-27(22)31(35)34-28/h1-11,13-14,16H,12,15H2. The number of imidazole rings is 1. The summed E-state index contributed by atoms with van der Waals surface area (Å²) in [5.41, 5.74) is 15.1. The van der Waals surface area contributed by atoms with Gasteiger partial charge < -0.3 is 0 Å². The summed E-state index contributed by atoms with van der Waals surface area (Å²) in [4.78, 5) is 14.4. The first-order valence-corrected chi connectivity index (χ1v) is 12.0. The molecule has 0 atom stereocenters. The predicted molar refractivity (Wildman–Crippen MR) is 140 cm³/mol. The summed E-state index contributed by atoms with van der Waals surface area (Å²) in [5.74, 6) is 0. The molecule has 0 saturated heterocycles. The first-order valence-electron chi connectivity index (χ1n) is 12.0. The number of fused-ring (bicyclic) bond motifs is 15. The van der Waals surface area contributed by atoms with Gasteiger partial charge in [0.25, 0.3) is 0 Å². The van der Waals surface area contributed by atoms with Crippen molar-refractivity contribution >= 4 is 38.5 Å². The Balaban J connectivity index is 1.38. The van der Waals surface area contributed by atoms with Crippen LogP contribution in [-0.2, 0) is 12.8 Å². The largest absolute Gasteiger partial charge is 0.275 e. The minimum atomic E-state index is 0.907. The van der Waals surface area contributed by atoms with Gasteiger partial charge >= 0.3 is 0 Å². The van der Waals surface area contributed by atoms with Crippen molar-refractivity contribution in [1.82, 2.24) is 19.4 Å². The van der Waals surface area contributed by atoms with E-state index in [9.17, 15) is 0 Å². The normalized spacial score (nSPS) is 13.5. The molecule has 2 aliphatic carbocycles. The molecule has 4 heterocycles. The number of pyridine rings is 3. The van der Waals surface area contributed by atoms with Gasteiger partial charge in [-0.25, -0.2) is 9.97 Å². The van der Waals surface area contributed by atoms with Crippen molar-refractivity contribution in [2.24, 2.45) is 0 Å². The Morgan fingerprint density at radius 3 is 2.49 bits per heavy atom. The molecule has 4 nitrogen and oxygen atoms in total. The fraction of sp³-hybridized carbons (Fsp3) is 0.0645. The monoisotopic (exact) mass is 446 g/mol. The molecule has 0 amide bonds. The zero-order chi connectivity index (χ0) is 22.7. The Hall–Kier alpha value is -4.57. The third-order valence-electron chi connectivity index (χ3n) is 7.95. The topological polar surface area (TPSA) is 43.1 Å². The van der Waals surface area contributed by atoms with E-state index in [-0.39, 0.29) is 0 Å². The lowest BCUT2D eigenvalue weighted by atomic mass is 9.98. The number of hydrogen-bond donors (Lipinski definition) is 0. The second-order valence-corrected chi connectivity index (χ2v) is 9.70. The second kappa shape index (κ2) is 6.10. The van der Waals surface area contributed by atoms with Gasteiger partial charge in [-0.1, -0.05) is 30.3 Å². The Labute approximate surface area is 200 Å². The Bertz CT molecular complexity index is 2070. The molecule has 9 rings (SSSR count). The predicted octanol–water partition coefficient (Wildman–Crippen LogP) is 6.73. The van der Waals surface area contributed by atoms with E-state index in [0.29, 0.717) is 0 Å². The van der Waals surface area contributed by atoms with Gasteiger partial charge in [-0.15, -0.1) is 0 Å². The summed E-state index contributed by atoms with van der Waals surface area (Å²) in [5, 5.41) is 3.32. The molecule has 0 bridgehead atoms. The molecule has 2 aliphatic rings. The van der Waals surface area contributed by atoms with Crippen LogP contribution in [0.4, 0.5) is 0 Å². The number of hydrogen-bond acceptors (Lipinski definition) is 3. The van der Waals surface area contributed by atoms with E-state index < -0.39 is 0 Å². The van der Waals surface area contributed by atoms with Crippen LogP contribution in [0.3, 0.4) is 0 Å². The fourth-order valence-corrected chi connectivity index (χ4v) is 6.46. The van der Waals surface area contributed by atoms with E-state index in [1.165, 1.54) is 50.0 Å². The van der Waals surface area contributed by atoms with Crippen molar-refractivity contribution in [2.45, 2.75) is 12.8 Å². The first-order chi connectivity index (χ1) is 17.3. The second-order valence-electron chi connectivity index (χ2n) is 9.70. The number of aromatic nitrogens is 4. The van der Waals surface area contributed by atoms with Crippen molar-refractivity contribution in [3.05, 3.63) is 108 Å². The van der Waals surface area contributed by atoms with Gasteiger partial charge in [0.15, 0.2) is 0 Å². The smallest absolute Gasteiger partial charge is 0.149 e. The molecule has 0 fully saturated rings. The highest BCUT2D eigenvalue weighted by Crippen LogP contribution is 2.46. The molecule has 4 heteroatoms. The lowest BCUT2D eigenvalue weighted by Gasteiger charge is -2.09. The molecule has 35 heavy (non-hydrogen) atoms. The highest BCUT2D eigenvalue weighted by Gasteiger charge is 2.28. The van der Waals surface area contributed by atoms with Crippen LogP contribution < -0.4 is 0 Å². The lowest BCUT2D eigenvalue weighted by molar-refractivity contribution is 1.20. The minimum absolute atomic E-state index is 0.907. The minimum Gasteiger partial charge on any atom is -0.275 e. The number of benzene rings is 3. The zero-order valence-electron chi connectivity index (χ0n) is 18.8. The number of rotatable bonds is 0. The highest BCUT2D eigenvalue weighted by molar-refractivity contribution is 6.13. The van der Waals surface area contributed by atoms with Crippen LogP contribution in [0, 0.1) is 0 Å². The average Bonchev–Trinajstić information content (AvgIpc) is 3.58. The van der Waals surface area contributed by atoms with Crippen molar-refractivity contribution in [1.29, 1.82) is 0 Å². The van der Waals surface area contributed by atoms with Crippen LogP contribution in [0.5, 0.6) is 0 Å². The van der Waals surface area contributed by atoms with Crippen molar-refractivity contribution in [3.63, 3.8) is 0 Å². The fourth-order valence-electron chi connectivity index (χ4n) is 6.46. The molecule has 0 unspecified atom stereocenters. The number of nitrogens with zero attached hydrogens (tertiary/aromatic N) is 4. The van der Waals surface area contributed by atoms with Gasteiger partial charge in [-0.05, 0) is 92.7 Å². The molecule has 0 spiro atoms. The van der Waals surface area contributed by atoms with Crippen molar-refractivity contribution in [3.8, 4) is 22.3 Å². The molecular formula is C31H18N4. The molecule has 4 aromatic heterocycles. The molecule has 0 saturated carbocycles. The SMILES string of the molecule is c1ccc2c(c1)Cc1cc3c(cc1-2)Cc1c-3ccc2nc3c4cnccc4c4cccnc4n3c12. The van der Waals surface area contributed by atoms with E-state index in [4.69, 9.17) is 9.97 Å². The Morgan fingerprint density at radius 1 is 0.629 bits per heavy atom. The molecule has 0 radical (unpaired) electrons. The van der Waals surface area contributed by atoms with Gasteiger partial charge in [0.1, 0.15) is 11.3 Å². The molecule has 3 aromatic carbocycles. The van der Waals surface area contributed by atoms with Gasteiger partial charge in [-0.2, -0.15) is 0 Å². The summed E-state index contributed by atoms with van der Waals surface area (Å²) in [7, 11) is 0. The molecule has 0 aliphatic heterocycles. The van der Waals surface area contributed by atoms with Gasteiger partial charge in [0, 0.05) is 35.8 Å². The lowest BCUT2D eigenvalue weighted by Crippen LogP contribution is -1.96. The Kier molecular flexibility index (Phi) is 3.11. The van der Waals surface area contributed by atoms with E-state index in [2.05, 4.69) is 70.0 Å². The maximum Gasteiger partial charge on any atom is 0.149 e. The van der Waals surface area contributed by atoms with Crippen LogP contribution >= 0.6 is 0 Å². The summed E-state index contributed by atoms with van der Waals surface area (Å²) in [6.07, 6.45) is 7.57. The third kappa shape index (κ3) is 2.15. The maximum atomic E-state index is 5.11. The van der Waals surface area contributed by atoms with Crippen LogP contribution in [0.2, 0.25) is 0 Å². The summed E-state index contributed by atoms with van der Waals surface area (Å²) in [6.45, 7) is 0. The summed E-state index contributed by atoms with van der Waals surface area (Å²) in [6, 6.07) is 24.3. The van der Waals surface area contributed by atoms with Crippen molar-refractivity contribution in [2.75, 3.05) is 0 Å². The Morgan fingerprint density at radius 2 is 1.51 bits per heavy atom. The van der Waals surface area contributed by atoms with Gasteiger partial charge in [0.2, 0.25) is 0 Å². The van der Waals surface area contributed by atoms with Crippen LogP contribution in [0.25, 0.3) is 60.7 Å². The van der Waals surface area contributed by atoms with E-state index >= 15 is 0 Å². The average molecular weight is 447 g/mol. The summed E-state index contributed by atoms with van der Waals surface area (Å²) < 4.78 is 2.27. The van der Waals surface area contributed by atoms with E-state index in [1.807, 2.05) is 24.7 Å². The van der Waals surface area contributed by atoms with Gasteiger partial charge in [-0.3, -0.25) is 9.38 Å². The van der Waals surface area contributed by atoms with Gasteiger partial charge in [0.05, 0.1) is 11.0 Å². The molecule has 0 N–H and O–H groups in total. The summed E-state index contributed by atoms with van der Waals surface area (Å²) >= 11 is 0. The van der Waals surface area contributed by atoms with E-state index in [0.717, 1.165) is 45.8 Å². The van der Waals surface area contributed by atoms with Crippen LogP contribution in [0.1, 0.15) is 22.3 Å².